The lowest BCUT2D eigenvalue weighted by Gasteiger charge is -2.42. The van der Waals surface area contributed by atoms with Crippen molar-refractivity contribution in [2.24, 2.45) is 0 Å². The van der Waals surface area contributed by atoms with Crippen LogP contribution in [-0.2, 0) is 24.8 Å². The number of aryl methyl sites for hydroxylation is 2. The molecule has 4 aromatic carbocycles. The van der Waals surface area contributed by atoms with E-state index in [1.807, 2.05) is 48.5 Å². The maximum atomic E-state index is 6.47. The molecule has 0 amide bonds. The number of ether oxygens (including phenoxy) is 2. The molecule has 0 aliphatic heterocycles. The quantitative estimate of drug-likeness (QED) is 0.126. The fourth-order valence-corrected chi connectivity index (χ4v) is 6.05. The van der Waals surface area contributed by atoms with Crippen molar-refractivity contribution in [2.45, 2.75) is 50.6 Å². The van der Waals surface area contributed by atoms with Crippen LogP contribution in [0.15, 0.2) is 97.1 Å². The number of hydrogen-bond donors (Lipinski definition) is 2. The molecule has 2 atom stereocenters. The van der Waals surface area contributed by atoms with Crippen LogP contribution in [0.2, 0.25) is 10.0 Å². The second-order valence-corrected chi connectivity index (χ2v) is 11.5. The number of halogens is 2. The molecule has 0 heterocycles. The molecular formula is C36H42Cl2N2O2. The highest BCUT2D eigenvalue weighted by Crippen LogP contribution is 2.33. The Morgan fingerprint density at radius 2 is 1.26 bits per heavy atom. The second kappa shape index (κ2) is 16.0. The van der Waals surface area contributed by atoms with Crippen molar-refractivity contribution in [3.63, 3.8) is 0 Å². The lowest BCUT2D eigenvalue weighted by molar-refractivity contribution is 0.240. The van der Waals surface area contributed by atoms with Gasteiger partial charge in [-0.25, -0.2) is 0 Å². The van der Waals surface area contributed by atoms with Crippen molar-refractivity contribution in [1.29, 1.82) is 0 Å². The summed E-state index contributed by atoms with van der Waals surface area (Å²) in [4.78, 5) is 0. The van der Waals surface area contributed by atoms with Crippen LogP contribution in [-0.4, -0.2) is 33.4 Å². The third-order valence-electron chi connectivity index (χ3n) is 7.99. The number of hydrogen-bond acceptors (Lipinski definition) is 4. The van der Waals surface area contributed by atoms with E-state index >= 15 is 0 Å². The molecule has 4 nitrogen and oxygen atoms in total. The highest BCUT2D eigenvalue weighted by atomic mass is 35.5. The van der Waals surface area contributed by atoms with Crippen molar-refractivity contribution in [3.05, 3.63) is 129 Å². The van der Waals surface area contributed by atoms with E-state index in [0.717, 1.165) is 66.7 Å². The van der Waals surface area contributed by atoms with Crippen LogP contribution in [0.3, 0.4) is 0 Å². The fraction of sp³-hybridized carbons (Fsp3) is 0.333. The average Bonchev–Trinajstić information content (AvgIpc) is 3.02. The molecule has 0 bridgehead atoms. The fourth-order valence-electron chi connectivity index (χ4n) is 5.59. The maximum absolute atomic E-state index is 6.47. The van der Waals surface area contributed by atoms with Gasteiger partial charge in [-0.2, -0.15) is 0 Å². The smallest absolute Gasteiger partial charge is 0.119 e. The van der Waals surface area contributed by atoms with Crippen molar-refractivity contribution < 1.29 is 9.47 Å². The normalized spacial score (nSPS) is 13.4. The van der Waals surface area contributed by atoms with Gasteiger partial charge in [0, 0.05) is 16.1 Å². The topological polar surface area (TPSA) is 42.5 Å². The minimum absolute atomic E-state index is 0.0855. The predicted octanol–water partition coefficient (Wildman–Crippen LogP) is 8.28. The predicted molar refractivity (Wildman–Crippen MR) is 176 cm³/mol. The van der Waals surface area contributed by atoms with Crippen LogP contribution < -0.4 is 20.1 Å². The Bertz CT molecular complexity index is 1410. The summed E-state index contributed by atoms with van der Waals surface area (Å²) in [5.41, 5.74) is 4.30. The van der Waals surface area contributed by atoms with Crippen LogP contribution in [0.1, 0.15) is 42.0 Å². The third-order valence-corrected chi connectivity index (χ3v) is 8.73. The van der Waals surface area contributed by atoms with Crippen molar-refractivity contribution in [2.75, 3.05) is 27.3 Å². The number of benzene rings is 4. The lowest BCUT2D eigenvalue weighted by Crippen LogP contribution is -2.58. The molecule has 0 aliphatic carbocycles. The molecule has 0 fully saturated rings. The van der Waals surface area contributed by atoms with Gasteiger partial charge in [-0.1, -0.05) is 83.9 Å². The largest absolute Gasteiger partial charge is 0.497 e. The van der Waals surface area contributed by atoms with E-state index in [1.54, 1.807) is 14.2 Å². The second-order valence-electron chi connectivity index (χ2n) is 10.7. The Labute approximate surface area is 261 Å². The highest BCUT2D eigenvalue weighted by molar-refractivity contribution is 6.31. The van der Waals surface area contributed by atoms with Gasteiger partial charge in [0.25, 0.3) is 0 Å². The van der Waals surface area contributed by atoms with Gasteiger partial charge in [0.2, 0.25) is 0 Å². The molecule has 42 heavy (non-hydrogen) atoms. The maximum Gasteiger partial charge on any atom is 0.119 e. The molecule has 2 N–H and O–H groups in total. The number of methoxy groups -OCH3 is 2. The summed E-state index contributed by atoms with van der Waals surface area (Å²) < 4.78 is 11.3. The summed E-state index contributed by atoms with van der Waals surface area (Å²) in [6, 6.07) is 33.1. The Balaban J connectivity index is 1.60. The van der Waals surface area contributed by atoms with Gasteiger partial charge in [-0.15, -0.1) is 0 Å². The summed E-state index contributed by atoms with van der Waals surface area (Å²) in [5, 5.41) is 9.54. The molecule has 0 aromatic heterocycles. The van der Waals surface area contributed by atoms with E-state index in [0.29, 0.717) is 0 Å². The Morgan fingerprint density at radius 3 is 1.88 bits per heavy atom. The summed E-state index contributed by atoms with van der Waals surface area (Å²) >= 11 is 12.9. The monoisotopic (exact) mass is 604 g/mol. The molecule has 0 radical (unpaired) electrons. The van der Waals surface area contributed by atoms with Gasteiger partial charge in [0.05, 0.1) is 19.8 Å². The SMILES string of the molecule is COc1cccc(C[C@](NCCCc2ccccc2Cl)(c2cccc(OC)c2)[C@H](C)NCCCc2ccccc2Cl)c1. The first-order valence-electron chi connectivity index (χ1n) is 14.7. The molecule has 0 unspecified atom stereocenters. The first-order chi connectivity index (χ1) is 20.4. The van der Waals surface area contributed by atoms with E-state index in [-0.39, 0.29) is 6.04 Å². The summed E-state index contributed by atoms with van der Waals surface area (Å²) in [6.45, 7) is 3.95. The van der Waals surface area contributed by atoms with Crippen LogP contribution in [0.4, 0.5) is 0 Å². The van der Waals surface area contributed by atoms with Crippen LogP contribution in [0, 0.1) is 0 Å². The van der Waals surface area contributed by atoms with Gasteiger partial charge in [-0.05, 0) is 111 Å². The van der Waals surface area contributed by atoms with Crippen LogP contribution >= 0.6 is 23.2 Å². The molecule has 0 spiro atoms. The zero-order valence-electron chi connectivity index (χ0n) is 24.8. The summed E-state index contributed by atoms with van der Waals surface area (Å²) in [6.07, 6.45) is 4.52. The van der Waals surface area contributed by atoms with E-state index in [1.165, 1.54) is 22.3 Å². The van der Waals surface area contributed by atoms with Gasteiger partial charge in [0.1, 0.15) is 11.5 Å². The zero-order valence-corrected chi connectivity index (χ0v) is 26.3. The van der Waals surface area contributed by atoms with E-state index in [4.69, 9.17) is 32.7 Å². The number of rotatable bonds is 16. The van der Waals surface area contributed by atoms with E-state index < -0.39 is 5.54 Å². The standard InChI is InChI=1S/C36H42Cl2N2O2/c1-27(39-22-10-15-29-13-4-6-20-34(29)37)36(31-17-9-19-33(25-31)42-3,26-28-12-8-18-32(24-28)41-2)40-23-11-16-30-14-5-7-21-35(30)38/h4-9,12-14,17-21,24-25,27,39-40H,10-11,15-16,22-23,26H2,1-3H3/t27-,36+/m0/s1. The lowest BCUT2D eigenvalue weighted by atomic mass is 9.77. The van der Waals surface area contributed by atoms with Crippen molar-refractivity contribution >= 4 is 23.2 Å². The molecule has 0 saturated carbocycles. The highest BCUT2D eigenvalue weighted by Gasteiger charge is 2.38. The zero-order chi connectivity index (χ0) is 29.8. The first kappa shape index (κ1) is 31.9. The molecule has 4 rings (SSSR count). The van der Waals surface area contributed by atoms with Gasteiger partial charge >= 0.3 is 0 Å². The van der Waals surface area contributed by atoms with Crippen LogP contribution in [0.5, 0.6) is 11.5 Å². The Kier molecular flexibility index (Phi) is 12.2. The van der Waals surface area contributed by atoms with E-state index in [2.05, 4.69) is 66.1 Å². The molecule has 4 aromatic rings. The minimum Gasteiger partial charge on any atom is -0.497 e. The van der Waals surface area contributed by atoms with Crippen molar-refractivity contribution in [3.8, 4) is 11.5 Å². The average molecular weight is 606 g/mol. The Hall–Kier alpha value is -3.02. The summed E-state index contributed by atoms with van der Waals surface area (Å²) in [7, 11) is 3.43. The molecule has 0 aliphatic rings. The first-order valence-corrected chi connectivity index (χ1v) is 15.4. The van der Waals surface area contributed by atoms with Crippen LogP contribution in [0.25, 0.3) is 0 Å². The van der Waals surface area contributed by atoms with E-state index in [9.17, 15) is 0 Å². The van der Waals surface area contributed by atoms with Gasteiger partial charge < -0.3 is 20.1 Å². The van der Waals surface area contributed by atoms with Gasteiger partial charge in [-0.3, -0.25) is 0 Å². The minimum atomic E-state index is -0.425. The van der Waals surface area contributed by atoms with Gasteiger partial charge in [0.15, 0.2) is 0 Å². The third kappa shape index (κ3) is 8.52. The summed E-state index contributed by atoms with van der Waals surface area (Å²) in [5.74, 6) is 1.69. The molecule has 222 valence electrons. The molecule has 6 heteroatoms. The number of nitrogens with one attached hydrogen (secondary N) is 2. The molecular weight excluding hydrogens is 563 g/mol. The van der Waals surface area contributed by atoms with Crippen molar-refractivity contribution in [1.82, 2.24) is 10.6 Å². The Morgan fingerprint density at radius 1 is 0.690 bits per heavy atom. The molecule has 0 saturated heterocycles.